The van der Waals surface area contributed by atoms with Gasteiger partial charge in [-0.05, 0) is 47.4 Å². The van der Waals surface area contributed by atoms with Gasteiger partial charge in [-0.1, -0.05) is 133 Å². The summed E-state index contributed by atoms with van der Waals surface area (Å²) >= 11 is 1.74. The van der Waals surface area contributed by atoms with Gasteiger partial charge in [0.1, 0.15) is 11.2 Å². The summed E-state index contributed by atoms with van der Waals surface area (Å²) in [6, 6.07) is 49.8. The molecule has 0 saturated heterocycles. The van der Waals surface area contributed by atoms with Crippen molar-refractivity contribution in [2.45, 2.75) is 11.4 Å². The fourth-order valence-electron chi connectivity index (χ4n) is 5.70. The highest BCUT2D eigenvalue weighted by atomic mass is 32.2. The lowest BCUT2D eigenvalue weighted by atomic mass is 9.98. The summed E-state index contributed by atoms with van der Waals surface area (Å²) in [4.78, 5) is 15.2. The van der Waals surface area contributed by atoms with Crippen molar-refractivity contribution in [2.75, 3.05) is 6.26 Å². The molecule has 4 nitrogen and oxygen atoms in total. The van der Waals surface area contributed by atoms with Crippen molar-refractivity contribution in [3.8, 4) is 22.3 Å². The van der Waals surface area contributed by atoms with Crippen LogP contribution in [0.25, 0.3) is 44.2 Å². The van der Waals surface area contributed by atoms with Crippen LogP contribution in [0.3, 0.4) is 0 Å². The van der Waals surface area contributed by atoms with E-state index in [0.717, 1.165) is 49.8 Å². The molecular weight excluding hydrogens is 583 g/mol. The maximum atomic E-state index is 6.29. The van der Waals surface area contributed by atoms with E-state index in [1.807, 2.05) is 72.8 Å². The molecule has 0 aliphatic heterocycles. The van der Waals surface area contributed by atoms with Crippen LogP contribution in [-0.2, 0) is 6.54 Å². The number of amidine groups is 2. The number of benzene rings is 6. The molecule has 46 heavy (non-hydrogen) atoms. The third-order valence-corrected chi connectivity index (χ3v) is 8.79. The quantitative estimate of drug-likeness (QED) is 0.102. The Balaban J connectivity index is 1.18. The molecule has 5 heteroatoms. The maximum absolute atomic E-state index is 6.29. The Hall–Kier alpha value is -5.52. The van der Waals surface area contributed by atoms with E-state index in [2.05, 4.69) is 90.8 Å². The Morgan fingerprint density at radius 1 is 0.630 bits per heavy atom. The number of aliphatic imine (C=N–C) groups is 3. The summed E-state index contributed by atoms with van der Waals surface area (Å²) in [6.07, 6.45) is 2.12. The lowest BCUT2D eigenvalue weighted by molar-refractivity contribution is 0.670. The molecule has 222 valence electrons. The molecule has 0 fully saturated rings. The summed E-state index contributed by atoms with van der Waals surface area (Å²) < 4.78 is 6.29. The minimum Gasteiger partial charge on any atom is -0.455 e. The topological polar surface area (TPSA) is 50.2 Å². The van der Waals surface area contributed by atoms with Gasteiger partial charge in [-0.3, -0.25) is 4.99 Å². The lowest BCUT2D eigenvalue weighted by Gasteiger charge is -2.11. The zero-order valence-corrected chi connectivity index (χ0v) is 26.2. The number of thioether (sulfide) groups is 1. The molecule has 7 aromatic rings. The first-order valence-electron chi connectivity index (χ1n) is 15.1. The molecular formula is C41H31N3OS. The van der Waals surface area contributed by atoms with Crippen LogP contribution in [0.1, 0.15) is 16.7 Å². The van der Waals surface area contributed by atoms with E-state index in [-0.39, 0.29) is 0 Å². The van der Waals surface area contributed by atoms with E-state index in [1.165, 1.54) is 16.0 Å². The SMILES string of the molecule is C=NC(=NC(=NCc1ccc(-c2ccc(-c3cccc4c3oc3ccccc34)cc2)c(SC)c1)c1ccccc1)c1ccccc1. The average molecular weight is 614 g/mol. The molecule has 6 aromatic carbocycles. The van der Waals surface area contributed by atoms with Crippen molar-refractivity contribution in [1.29, 1.82) is 0 Å². The van der Waals surface area contributed by atoms with Gasteiger partial charge in [0.15, 0.2) is 11.7 Å². The van der Waals surface area contributed by atoms with Crippen LogP contribution in [0.4, 0.5) is 0 Å². The molecule has 0 amide bonds. The van der Waals surface area contributed by atoms with Crippen LogP contribution in [0.5, 0.6) is 0 Å². The van der Waals surface area contributed by atoms with Gasteiger partial charge in [0.05, 0.1) is 6.54 Å². The highest BCUT2D eigenvalue weighted by molar-refractivity contribution is 7.98. The number of nitrogens with zero attached hydrogens (tertiary/aromatic N) is 3. The second-order valence-electron chi connectivity index (χ2n) is 10.9. The summed E-state index contributed by atoms with van der Waals surface area (Å²) in [5, 5.41) is 2.28. The molecule has 7 rings (SSSR count). The van der Waals surface area contributed by atoms with Gasteiger partial charge >= 0.3 is 0 Å². The third-order valence-electron chi connectivity index (χ3n) is 8.01. The number of rotatable bonds is 7. The number of para-hydroxylation sites is 2. The Kier molecular flexibility index (Phi) is 8.40. The minimum atomic E-state index is 0.487. The molecule has 0 aliphatic carbocycles. The first kappa shape index (κ1) is 29.2. The molecule has 0 unspecified atom stereocenters. The van der Waals surface area contributed by atoms with Gasteiger partial charge in [0.2, 0.25) is 0 Å². The Morgan fingerprint density at radius 2 is 1.26 bits per heavy atom. The van der Waals surface area contributed by atoms with Gasteiger partial charge in [-0.25, -0.2) is 9.98 Å². The molecule has 1 heterocycles. The molecule has 0 spiro atoms. The molecule has 0 radical (unpaired) electrons. The maximum Gasteiger partial charge on any atom is 0.161 e. The number of fused-ring (bicyclic) bond motifs is 3. The fraction of sp³-hybridized carbons (Fsp3) is 0.0488. The van der Waals surface area contributed by atoms with Crippen LogP contribution < -0.4 is 0 Å². The van der Waals surface area contributed by atoms with Crippen LogP contribution in [0.15, 0.2) is 170 Å². The first-order chi connectivity index (χ1) is 22.7. The highest BCUT2D eigenvalue weighted by Crippen LogP contribution is 2.37. The van der Waals surface area contributed by atoms with Crippen molar-refractivity contribution in [3.63, 3.8) is 0 Å². The van der Waals surface area contributed by atoms with E-state index >= 15 is 0 Å². The van der Waals surface area contributed by atoms with Crippen molar-refractivity contribution in [1.82, 2.24) is 0 Å². The van der Waals surface area contributed by atoms with Crippen LogP contribution in [0, 0.1) is 0 Å². The summed E-state index contributed by atoms with van der Waals surface area (Å²) in [7, 11) is 0. The molecule has 1 aromatic heterocycles. The summed E-state index contributed by atoms with van der Waals surface area (Å²) in [6.45, 7) is 4.25. The summed E-state index contributed by atoms with van der Waals surface area (Å²) in [5.41, 5.74) is 9.35. The zero-order chi connectivity index (χ0) is 31.3. The second-order valence-corrected chi connectivity index (χ2v) is 11.7. The van der Waals surface area contributed by atoms with E-state index in [9.17, 15) is 0 Å². The third kappa shape index (κ3) is 5.93. The van der Waals surface area contributed by atoms with Crippen LogP contribution in [-0.4, -0.2) is 24.6 Å². The first-order valence-corrected chi connectivity index (χ1v) is 16.3. The molecule has 0 saturated carbocycles. The van der Waals surface area contributed by atoms with E-state index in [4.69, 9.17) is 14.4 Å². The van der Waals surface area contributed by atoms with Gasteiger partial charge in [-0.2, -0.15) is 0 Å². The standard InChI is InChI=1S/C41H31N3OS/c1-42-40(31-12-5-3-6-13-31)44-41(32-14-7-4-8-15-32)43-27-28-20-25-33(38(26-28)46-2)29-21-23-30(24-22-29)34-17-11-18-36-35-16-9-10-19-37(35)45-39(34)36/h3-26H,1,27H2,2H3. The summed E-state index contributed by atoms with van der Waals surface area (Å²) in [5.74, 6) is 1.17. The van der Waals surface area contributed by atoms with Crippen LogP contribution >= 0.6 is 11.8 Å². The molecule has 0 N–H and O–H groups in total. The second kappa shape index (κ2) is 13.2. The predicted molar refractivity (Wildman–Crippen MR) is 196 cm³/mol. The minimum absolute atomic E-state index is 0.487. The smallest absolute Gasteiger partial charge is 0.161 e. The van der Waals surface area contributed by atoms with Gasteiger partial charge in [-0.15, -0.1) is 11.8 Å². The van der Waals surface area contributed by atoms with Gasteiger partial charge in [0.25, 0.3) is 0 Å². The van der Waals surface area contributed by atoms with E-state index in [0.29, 0.717) is 18.2 Å². The molecule has 0 bridgehead atoms. The van der Waals surface area contributed by atoms with E-state index < -0.39 is 0 Å². The van der Waals surface area contributed by atoms with Gasteiger partial charge in [0, 0.05) is 32.4 Å². The Morgan fingerprint density at radius 3 is 1.96 bits per heavy atom. The Bertz CT molecular complexity index is 2220. The zero-order valence-electron chi connectivity index (χ0n) is 25.4. The van der Waals surface area contributed by atoms with Crippen LogP contribution in [0.2, 0.25) is 0 Å². The number of furan rings is 1. The normalized spacial score (nSPS) is 12.1. The molecule has 0 atom stereocenters. The van der Waals surface area contributed by atoms with E-state index in [1.54, 1.807) is 11.8 Å². The highest BCUT2D eigenvalue weighted by Gasteiger charge is 2.13. The Labute approximate surface area is 272 Å². The van der Waals surface area contributed by atoms with Crippen molar-refractivity contribution in [2.24, 2.45) is 15.0 Å². The van der Waals surface area contributed by atoms with Gasteiger partial charge < -0.3 is 4.42 Å². The molecule has 0 aliphatic rings. The van der Waals surface area contributed by atoms with Crippen molar-refractivity contribution >= 4 is 52.1 Å². The monoisotopic (exact) mass is 613 g/mol. The van der Waals surface area contributed by atoms with Crippen molar-refractivity contribution < 1.29 is 4.42 Å². The largest absolute Gasteiger partial charge is 0.455 e. The lowest BCUT2D eigenvalue weighted by Crippen LogP contribution is -2.05. The fourth-order valence-corrected chi connectivity index (χ4v) is 6.37. The van der Waals surface area contributed by atoms with Crippen molar-refractivity contribution in [3.05, 3.63) is 162 Å². The predicted octanol–water partition coefficient (Wildman–Crippen LogP) is 10.7. The average Bonchev–Trinajstić information content (AvgIpc) is 3.51. The number of hydrogen-bond acceptors (Lipinski definition) is 3. The number of hydrogen-bond donors (Lipinski definition) is 0.